The van der Waals surface area contributed by atoms with Crippen molar-refractivity contribution in [2.75, 3.05) is 19.0 Å². The second-order valence-corrected chi connectivity index (χ2v) is 4.50. The quantitative estimate of drug-likeness (QED) is 0.913. The van der Waals surface area contributed by atoms with Gasteiger partial charge in [0, 0.05) is 18.8 Å². The molecule has 0 aliphatic rings. The summed E-state index contributed by atoms with van der Waals surface area (Å²) in [5, 5.41) is 3.03. The highest BCUT2D eigenvalue weighted by molar-refractivity contribution is 9.10. The van der Waals surface area contributed by atoms with E-state index in [-0.39, 0.29) is 0 Å². The number of hydrogen-bond donors (Lipinski definition) is 1. The van der Waals surface area contributed by atoms with Crippen molar-refractivity contribution in [3.63, 3.8) is 0 Å². The fraction of sp³-hybridized carbons (Fsp3) is 0.231. The Balaban J connectivity index is 2.18. The first kappa shape index (κ1) is 13.6. The van der Waals surface area contributed by atoms with Crippen LogP contribution in [0.1, 0.15) is 6.92 Å². The van der Waals surface area contributed by atoms with Crippen LogP contribution in [0, 0.1) is 0 Å². The van der Waals surface area contributed by atoms with E-state index in [0.717, 1.165) is 16.8 Å². The molecule has 0 saturated heterocycles. The largest absolute Gasteiger partial charge is 0.497 e. The summed E-state index contributed by atoms with van der Waals surface area (Å²) in [6.07, 6.45) is 1.65. The zero-order valence-electron chi connectivity index (χ0n) is 10.7. The molecule has 1 N–H and O–H groups in total. The second kappa shape index (κ2) is 6.38. The smallest absolute Gasteiger partial charge is 0.225 e. The van der Waals surface area contributed by atoms with E-state index >= 15 is 0 Å². The van der Waals surface area contributed by atoms with Gasteiger partial charge in [-0.25, -0.2) is 4.98 Å². The Labute approximate surface area is 120 Å². The third kappa shape index (κ3) is 3.57. The first-order valence-electron chi connectivity index (χ1n) is 5.81. The molecule has 0 radical (unpaired) electrons. The first-order chi connectivity index (χ1) is 9.22. The van der Waals surface area contributed by atoms with Gasteiger partial charge >= 0.3 is 0 Å². The third-order valence-electron chi connectivity index (χ3n) is 2.32. The van der Waals surface area contributed by atoms with Crippen LogP contribution in [0.2, 0.25) is 0 Å². The summed E-state index contributed by atoms with van der Waals surface area (Å²) in [6.45, 7) is 2.74. The molecule has 1 aromatic heterocycles. The Hall–Kier alpha value is -1.82. The molecule has 2 rings (SSSR count). The lowest BCUT2D eigenvalue weighted by Gasteiger charge is -2.09. The molecule has 6 heteroatoms. The monoisotopic (exact) mass is 323 g/mol. The van der Waals surface area contributed by atoms with Crippen LogP contribution in [0.4, 0.5) is 5.95 Å². The van der Waals surface area contributed by atoms with E-state index in [9.17, 15) is 0 Å². The zero-order valence-corrected chi connectivity index (χ0v) is 12.3. The molecule has 5 nitrogen and oxygen atoms in total. The van der Waals surface area contributed by atoms with Crippen molar-refractivity contribution in [3.8, 4) is 17.4 Å². The van der Waals surface area contributed by atoms with Crippen molar-refractivity contribution in [1.29, 1.82) is 0 Å². The van der Waals surface area contributed by atoms with Gasteiger partial charge in [0.1, 0.15) is 11.5 Å². The molecule has 0 aliphatic heterocycles. The van der Waals surface area contributed by atoms with Crippen molar-refractivity contribution in [1.82, 2.24) is 9.97 Å². The Bertz CT molecular complexity index is 563. The van der Waals surface area contributed by atoms with E-state index in [0.29, 0.717) is 17.6 Å². The van der Waals surface area contributed by atoms with Gasteiger partial charge in [0.15, 0.2) is 0 Å². The summed E-state index contributed by atoms with van der Waals surface area (Å²) in [5.41, 5.74) is 0. The van der Waals surface area contributed by atoms with Crippen LogP contribution < -0.4 is 14.8 Å². The average molecular weight is 324 g/mol. The van der Waals surface area contributed by atoms with Crippen molar-refractivity contribution < 1.29 is 9.47 Å². The van der Waals surface area contributed by atoms with Crippen LogP contribution in [0.3, 0.4) is 0 Å². The van der Waals surface area contributed by atoms with E-state index < -0.39 is 0 Å². The molecule has 0 amide bonds. The van der Waals surface area contributed by atoms with E-state index in [2.05, 4.69) is 31.2 Å². The van der Waals surface area contributed by atoms with Crippen LogP contribution in [-0.2, 0) is 0 Å². The average Bonchev–Trinajstić information content (AvgIpc) is 2.42. The fourth-order valence-corrected chi connectivity index (χ4v) is 1.88. The summed E-state index contributed by atoms with van der Waals surface area (Å²) < 4.78 is 11.6. The molecule has 100 valence electrons. The minimum Gasteiger partial charge on any atom is -0.497 e. The molecule has 0 spiro atoms. The Kier molecular flexibility index (Phi) is 4.57. The minimum atomic E-state index is 0.483. The van der Waals surface area contributed by atoms with E-state index in [1.165, 1.54) is 0 Å². The van der Waals surface area contributed by atoms with Crippen LogP contribution in [0.5, 0.6) is 17.4 Å². The summed E-state index contributed by atoms with van der Waals surface area (Å²) >= 11 is 3.43. The van der Waals surface area contributed by atoms with Gasteiger partial charge < -0.3 is 14.8 Å². The van der Waals surface area contributed by atoms with Gasteiger partial charge in [-0.05, 0) is 41.1 Å². The molecule has 1 heterocycles. The van der Waals surface area contributed by atoms with E-state index in [1.807, 2.05) is 25.1 Å². The van der Waals surface area contributed by atoms with Gasteiger partial charge in [-0.15, -0.1) is 0 Å². The summed E-state index contributed by atoms with van der Waals surface area (Å²) in [5.74, 6) is 2.46. The van der Waals surface area contributed by atoms with Gasteiger partial charge in [0.2, 0.25) is 11.8 Å². The van der Waals surface area contributed by atoms with Crippen molar-refractivity contribution in [2.24, 2.45) is 0 Å². The van der Waals surface area contributed by atoms with E-state index in [4.69, 9.17) is 9.47 Å². The maximum atomic E-state index is 5.70. The van der Waals surface area contributed by atoms with Gasteiger partial charge in [0.05, 0.1) is 11.6 Å². The highest BCUT2D eigenvalue weighted by Gasteiger charge is 2.06. The molecular formula is C13H14BrN3O2. The molecule has 0 atom stereocenters. The van der Waals surface area contributed by atoms with E-state index in [1.54, 1.807) is 19.4 Å². The Morgan fingerprint density at radius 3 is 2.84 bits per heavy atom. The number of aromatic nitrogens is 2. The number of benzene rings is 1. The highest BCUT2D eigenvalue weighted by Crippen LogP contribution is 2.32. The lowest BCUT2D eigenvalue weighted by molar-refractivity contribution is 0.411. The SMILES string of the molecule is CCNc1nccc(Oc2ccc(OC)cc2Br)n1. The molecule has 1 aromatic carbocycles. The number of ether oxygens (including phenoxy) is 2. The number of nitrogens with one attached hydrogen (secondary N) is 1. The number of hydrogen-bond acceptors (Lipinski definition) is 5. The number of anilines is 1. The van der Waals surface area contributed by atoms with Gasteiger partial charge in [-0.1, -0.05) is 0 Å². The van der Waals surface area contributed by atoms with Gasteiger partial charge in [0.25, 0.3) is 0 Å². The predicted octanol–water partition coefficient (Wildman–Crippen LogP) is 3.47. The molecule has 2 aromatic rings. The third-order valence-corrected chi connectivity index (χ3v) is 2.94. The molecule has 0 aliphatic carbocycles. The van der Waals surface area contributed by atoms with Gasteiger partial charge in [-0.3, -0.25) is 0 Å². The predicted molar refractivity (Wildman–Crippen MR) is 77.0 cm³/mol. The van der Waals surface area contributed by atoms with Crippen LogP contribution in [-0.4, -0.2) is 23.6 Å². The lowest BCUT2D eigenvalue weighted by atomic mass is 10.3. The van der Waals surface area contributed by atoms with Crippen LogP contribution in [0.25, 0.3) is 0 Å². The van der Waals surface area contributed by atoms with Crippen LogP contribution in [0.15, 0.2) is 34.9 Å². The summed E-state index contributed by atoms with van der Waals surface area (Å²) in [4.78, 5) is 8.33. The topological polar surface area (TPSA) is 56.3 Å². The van der Waals surface area contributed by atoms with Gasteiger partial charge in [-0.2, -0.15) is 4.98 Å². The molecule has 0 saturated carbocycles. The first-order valence-corrected chi connectivity index (χ1v) is 6.60. The summed E-state index contributed by atoms with van der Waals surface area (Å²) in [6, 6.07) is 7.18. The maximum absolute atomic E-state index is 5.70. The minimum absolute atomic E-state index is 0.483. The highest BCUT2D eigenvalue weighted by atomic mass is 79.9. The molecule has 0 fully saturated rings. The number of halogens is 1. The van der Waals surface area contributed by atoms with Crippen molar-refractivity contribution >= 4 is 21.9 Å². The number of methoxy groups -OCH3 is 1. The Morgan fingerprint density at radius 1 is 1.32 bits per heavy atom. The molecule has 0 bridgehead atoms. The number of nitrogens with zero attached hydrogens (tertiary/aromatic N) is 2. The number of rotatable bonds is 5. The zero-order chi connectivity index (χ0) is 13.7. The van der Waals surface area contributed by atoms with Crippen molar-refractivity contribution in [3.05, 3.63) is 34.9 Å². The van der Waals surface area contributed by atoms with Crippen LogP contribution >= 0.6 is 15.9 Å². The fourth-order valence-electron chi connectivity index (χ4n) is 1.45. The molecular weight excluding hydrogens is 310 g/mol. The standard InChI is InChI=1S/C13H14BrN3O2/c1-3-15-13-16-7-6-12(17-13)19-11-5-4-9(18-2)8-10(11)14/h4-8H,3H2,1-2H3,(H,15,16,17). The van der Waals surface area contributed by atoms with Crippen molar-refractivity contribution in [2.45, 2.75) is 6.92 Å². The second-order valence-electron chi connectivity index (χ2n) is 3.65. The summed E-state index contributed by atoms with van der Waals surface area (Å²) in [7, 11) is 1.62. The Morgan fingerprint density at radius 2 is 2.16 bits per heavy atom. The molecule has 0 unspecified atom stereocenters. The lowest BCUT2D eigenvalue weighted by Crippen LogP contribution is -2.02. The molecule has 19 heavy (non-hydrogen) atoms. The normalized spacial score (nSPS) is 10.1. The maximum Gasteiger partial charge on any atom is 0.225 e.